The molecule has 5 fully saturated rings. The minimum Gasteiger partial charge on any atom is -0.441 e. The van der Waals surface area contributed by atoms with Crippen LogP contribution in [0.2, 0.25) is 0 Å². The highest BCUT2D eigenvalue weighted by Crippen LogP contribution is 2.36. The van der Waals surface area contributed by atoms with E-state index in [1.807, 2.05) is 234 Å². The number of carbonyl (C=O) groups is 5. The molecule has 5 aliphatic rings. The molecule has 3 atom stereocenters. The third-order valence-electron chi connectivity index (χ3n) is 26.0. The van der Waals surface area contributed by atoms with Gasteiger partial charge in [-0.1, -0.05) is 30.3 Å². The number of amides is 5. The normalized spacial score (nSPS) is 16.4. The number of hydrogen-bond acceptors (Lipinski definition) is 23. The highest BCUT2D eigenvalue weighted by Gasteiger charge is 2.47. The van der Waals surface area contributed by atoms with Crippen LogP contribution in [-0.2, 0) is 4.74 Å². The van der Waals surface area contributed by atoms with E-state index in [-0.39, 0.29) is 60.5 Å². The largest absolute Gasteiger partial charge is 0.441 e. The van der Waals surface area contributed by atoms with Crippen molar-refractivity contribution < 1.29 is 68.4 Å². The summed E-state index contributed by atoms with van der Waals surface area (Å²) in [7, 11) is 1.86. The molecule has 16 aromatic heterocycles. The van der Waals surface area contributed by atoms with Crippen molar-refractivity contribution in [1.29, 1.82) is 0 Å². The molecule has 0 aliphatic carbocycles. The quantitative estimate of drug-likeness (QED) is 0.111. The van der Waals surface area contributed by atoms with Gasteiger partial charge in [0, 0.05) is 124 Å². The van der Waals surface area contributed by atoms with E-state index in [0.29, 0.717) is 132 Å². The molecule has 0 spiro atoms. The molecule has 38 heteroatoms. The summed E-state index contributed by atoms with van der Waals surface area (Å²) in [5.74, 6) is -1.19. The molecule has 141 heavy (non-hydrogen) atoms. The summed E-state index contributed by atoms with van der Waals surface area (Å²) < 4.78 is 96.8. The van der Waals surface area contributed by atoms with Crippen molar-refractivity contribution in [3.63, 3.8) is 0 Å². The van der Waals surface area contributed by atoms with Gasteiger partial charge in [-0.3, -0.25) is 50.7 Å². The van der Waals surface area contributed by atoms with E-state index < -0.39 is 37.3 Å². The molecule has 5 amide bonds. The molecular weight excluding hydrogens is 1810 g/mol. The van der Waals surface area contributed by atoms with Crippen LogP contribution in [0.25, 0.3) is 139 Å². The summed E-state index contributed by atoms with van der Waals surface area (Å²) in [6.07, 6.45) is 22.5. The lowest BCUT2D eigenvalue weighted by molar-refractivity contribution is -0.113. The number of oxazole rings is 5. The van der Waals surface area contributed by atoms with Gasteiger partial charge in [0.05, 0.1) is 63.2 Å². The fraction of sp³-hybridized carbons (Fsp3) is 0.243. The molecular formula is C103H89F4N23O11. The van der Waals surface area contributed by atoms with E-state index in [4.69, 9.17) is 32.6 Å². The lowest BCUT2D eigenvalue weighted by Gasteiger charge is -2.38. The number of hydrogen-bond donors (Lipinski definition) is 1. The van der Waals surface area contributed by atoms with Gasteiger partial charge in [0.2, 0.25) is 0 Å². The zero-order valence-electron chi connectivity index (χ0n) is 76.8. The van der Waals surface area contributed by atoms with Crippen LogP contribution in [0.3, 0.4) is 0 Å². The van der Waals surface area contributed by atoms with Gasteiger partial charge in [0.1, 0.15) is 96.6 Å². The number of aromatic nitrogens is 17. The van der Waals surface area contributed by atoms with Gasteiger partial charge in [-0.2, -0.15) is 10.1 Å². The fourth-order valence-corrected chi connectivity index (χ4v) is 18.7. The van der Waals surface area contributed by atoms with Gasteiger partial charge in [-0.15, -0.1) is 0 Å². The van der Waals surface area contributed by atoms with Crippen LogP contribution in [-0.4, -0.2) is 233 Å². The number of nitrogen functional groups attached to an aromatic ring is 1. The Bertz CT molecular complexity index is 8250. The number of imidazole rings is 5. The highest BCUT2D eigenvalue weighted by molar-refractivity contribution is 5.98. The molecule has 0 saturated carbocycles. The predicted octanol–water partition coefficient (Wildman–Crippen LogP) is 17.5. The van der Waals surface area contributed by atoms with Crippen LogP contribution >= 0.6 is 0 Å². The minimum atomic E-state index is -2.80. The fourth-order valence-electron chi connectivity index (χ4n) is 18.7. The second-order valence-corrected chi connectivity index (χ2v) is 35.6. The Labute approximate surface area is 797 Å². The summed E-state index contributed by atoms with van der Waals surface area (Å²) in [5, 5.41) is 4.32. The van der Waals surface area contributed by atoms with E-state index in [1.54, 1.807) is 62.1 Å². The predicted molar refractivity (Wildman–Crippen MR) is 514 cm³/mol. The van der Waals surface area contributed by atoms with Gasteiger partial charge < -0.3 is 57.1 Å². The van der Waals surface area contributed by atoms with Crippen molar-refractivity contribution in [3.05, 3.63) is 284 Å². The summed E-state index contributed by atoms with van der Waals surface area (Å²) in [5.41, 5.74) is 28.2. The van der Waals surface area contributed by atoms with Crippen LogP contribution in [0.4, 0.5) is 23.6 Å². The van der Waals surface area contributed by atoms with Crippen molar-refractivity contribution in [3.8, 4) is 55.6 Å². The maximum Gasteiger partial charge on any atom is 0.292 e. The third kappa shape index (κ3) is 17.8. The number of nitrogens with zero attached hydrogens (tertiary/aromatic N) is 22. The number of rotatable bonds is 12. The van der Waals surface area contributed by atoms with E-state index in [1.165, 1.54) is 17.3 Å². The Morgan fingerprint density at radius 1 is 0.383 bits per heavy atom. The van der Waals surface area contributed by atoms with Crippen LogP contribution in [0.15, 0.2) is 254 Å². The number of likely N-dealkylation sites (tertiary alicyclic amines) is 4. The third-order valence-corrected chi connectivity index (χ3v) is 26.0. The molecule has 5 aliphatic heterocycles. The number of benzene rings is 5. The number of aryl methyl sites for hydroxylation is 4. The first-order valence-corrected chi connectivity index (χ1v) is 46.0. The Hall–Kier alpha value is -17.1. The average Bonchev–Trinajstić information content (AvgIpc) is 1.41. The second kappa shape index (κ2) is 36.5. The summed E-state index contributed by atoms with van der Waals surface area (Å²) >= 11 is 0. The number of nitrogens with two attached hydrogens (primary N) is 1. The van der Waals surface area contributed by atoms with Crippen LogP contribution in [0.5, 0.6) is 0 Å². The molecule has 0 bridgehead atoms. The van der Waals surface area contributed by atoms with Crippen LogP contribution in [0.1, 0.15) is 114 Å². The first-order chi connectivity index (χ1) is 68.3. The molecule has 21 aromatic rings. The number of carbonyl (C=O) groups excluding carboxylic acids is 5. The van der Waals surface area contributed by atoms with Crippen molar-refractivity contribution in [2.75, 3.05) is 78.4 Å². The maximum atomic E-state index is 13.5. The first kappa shape index (κ1) is 89.2. The second-order valence-electron chi connectivity index (χ2n) is 35.6. The Balaban J connectivity index is 0.000000101. The van der Waals surface area contributed by atoms with Gasteiger partial charge >= 0.3 is 0 Å². The van der Waals surface area contributed by atoms with Crippen LogP contribution in [0, 0.1) is 27.7 Å². The molecule has 21 heterocycles. The molecule has 710 valence electrons. The molecule has 0 radical (unpaired) electrons. The van der Waals surface area contributed by atoms with Gasteiger partial charge in [-0.25, -0.2) is 62.4 Å². The Morgan fingerprint density at radius 3 is 1.03 bits per heavy atom. The smallest absolute Gasteiger partial charge is 0.292 e. The molecule has 5 saturated heterocycles. The molecule has 0 unspecified atom stereocenters. The zero-order valence-corrected chi connectivity index (χ0v) is 76.8. The topological polar surface area (TPSA) is 371 Å². The monoisotopic (exact) mass is 1900 g/mol. The number of fused-ring (bicyclic) bond motifs is 10. The highest BCUT2D eigenvalue weighted by atomic mass is 19.3. The minimum absolute atomic E-state index is 0.0121. The summed E-state index contributed by atoms with van der Waals surface area (Å²) in [4.78, 5) is 116. The summed E-state index contributed by atoms with van der Waals surface area (Å²) in [6.45, 7) is 10.1. The van der Waals surface area contributed by atoms with Crippen molar-refractivity contribution in [2.45, 2.75) is 90.1 Å². The average molecular weight is 1900 g/mol. The lowest BCUT2D eigenvalue weighted by atomic mass is 10.1. The standard InChI is InChI=1S/C23H20N6O2.C22H22N4O3.C20H17FN4O2.C19H14F2N4O2.C19H16FN5O2/c1-15-26-19-11-16(3-5-21(19)31-15)17-4-6-22-24-12-20(28(22)13-17)23(30)27-10-7-18(14-27)29-9-2-8-25-29;1-14-24-18-11-15(3-5-20(18)29-14)16-4-6-21-23-12-19(26(21)13-16)22(27)25(2)17-7-9-28-10-8-17;1-12-23-16-8-13(2-4-18(16)27-12)14-3-5-19-22-9-17(25(19)10-14)20(26)24-7-6-15(21)11-24;1-11-23-14-6-12(2-4-16(14)27-11)13-3-5-17-22-7-15(25(17)8-13)18(26)24-9-19(20,21)10-24;20-13-5-6-24(10-13)18(26)15-8-22-17-4-2-12(9-25(15)17)11-1-3-16-14(7-11)23-19(21)27-16/h2-6,8-9,11-13,18H,7,10,14H2,1H3;3-6,11-13,17H,7-10H2,1-2H3;2-5,8-10,15H,6-7,11H2,1H3;2-8H,9-10H2,1H3;1-4,7-9,13H,5-6,10H2,(H2,21,23)/t18-;;15-;;13-/m1.1.0/s1. The molecule has 5 aromatic carbocycles. The molecule has 26 rings (SSSR count). The summed E-state index contributed by atoms with van der Waals surface area (Å²) in [6, 6.07) is 50.5. The first-order valence-electron chi connectivity index (χ1n) is 46.0. The molecule has 34 nitrogen and oxygen atoms in total. The maximum absolute atomic E-state index is 13.5. The van der Waals surface area contributed by atoms with Gasteiger partial charge in [0.15, 0.2) is 51.5 Å². The Kier molecular flexibility index (Phi) is 23.1. The van der Waals surface area contributed by atoms with Crippen molar-refractivity contribution in [2.24, 2.45) is 0 Å². The zero-order chi connectivity index (χ0) is 96.8. The van der Waals surface area contributed by atoms with E-state index in [2.05, 4.69) is 54.9 Å². The van der Waals surface area contributed by atoms with E-state index >= 15 is 0 Å². The van der Waals surface area contributed by atoms with Gasteiger partial charge in [-0.05, 0) is 215 Å². The molecule has 2 N–H and O–H groups in total. The number of ether oxygens (including phenoxy) is 1. The number of halogens is 4. The number of anilines is 1. The lowest BCUT2D eigenvalue weighted by Crippen LogP contribution is -2.58. The van der Waals surface area contributed by atoms with Crippen molar-refractivity contribution >= 4 is 119 Å². The van der Waals surface area contributed by atoms with Crippen LogP contribution < -0.4 is 5.73 Å². The Morgan fingerprint density at radius 2 is 0.695 bits per heavy atom. The number of alkyl halides is 4. The van der Waals surface area contributed by atoms with E-state index in [0.717, 1.165) is 130 Å². The number of pyridine rings is 5. The van der Waals surface area contributed by atoms with Crippen molar-refractivity contribution in [1.82, 2.24) is 106 Å². The SMILES string of the molecule is Cc1nc2cc(-c3ccc4ncc(C(=O)N(C)C5CCOCC5)n4c3)ccc2o1.Cc1nc2cc(-c3ccc4ncc(C(=O)N5CC(F)(F)C5)n4c3)ccc2o1.Cc1nc2cc(-c3ccc4ncc(C(=O)N5CC[C@@H](F)C5)n4c3)ccc2o1.Cc1nc2cc(-c3ccc4ncc(C(=O)N5CC[C@@H](n6cccn6)C5)n4c3)ccc2o1.Nc1nc2cc(-c3ccc4ncc(C(=O)N5CC[C@H](F)C5)n4c3)ccc2o1. The van der Waals surface area contributed by atoms with Gasteiger partial charge in [0.25, 0.3) is 41.5 Å². The van der Waals surface area contributed by atoms with E-state index in [9.17, 15) is 41.5 Å².